The highest BCUT2D eigenvalue weighted by molar-refractivity contribution is 5.44. The molecule has 0 saturated carbocycles. The van der Waals surface area contributed by atoms with E-state index in [1.165, 1.54) is 20.2 Å². The van der Waals surface area contributed by atoms with E-state index in [9.17, 15) is 13.9 Å². The van der Waals surface area contributed by atoms with Crippen LogP contribution in [0, 0.1) is 6.92 Å². The molecule has 0 atom stereocenters. The van der Waals surface area contributed by atoms with Crippen molar-refractivity contribution in [1.29, 1.82) is 0 Å². The van der Waals surface area contributed by atoms with Gasteiger partial charge in [-0.2, -0.15) is 0 Å². The van der Waals surface area contributed by atoms with E-state index < -0.39 is 17.7 Å². The lowest BCUT2D eigenvalue weighted by Crippen LogP contribution is -1.96. The number of aromatic nitrogens is 1. The van der Waals surface area contributed by atoms with Gasteiger partial charge >= 0.3 is 0 Å². The second-order valence-electron chi connectivity index (χ2n) is 2.51. The number of methoxy groups -OCH3 is 1. The van der Waals surface area contributed by atoms with Crippen LogP contribution in [0.2, 0.25) is 0 Å². The first-order valence-electron chi connectivity index (χ1n) is 3.58. The van der Waals surface area contributed by atoms with Gasteiger partial charge in [-0.15, -0.1) is 0 Å². The Bertz CT molecular complexity index is 315. The fraction of sp³-hybridized carbons (Fsp3) is 0.375. The Kier molecular flexibility index (Phi) is 2.65. The van der Waals surface area contributed by atoms with Crippen molar-refractivity contribution >= 4 is 0 Å². The van der Waals surface area contributed by atoms with Crippen molar-refractivity contribution in [2.45, 2.75) is 13.3 Å². The standard InChI is InChI=1S/C8H9F2NO2/c1-4-3-11-8(13-2)6(12)5(4)7(9)10/h3,7,12H,1-2H3. The maximum atomic E-state index is 12.4. The molecule has 0 radical (unpaired) electrons. The molecule has 0 fully saturated rings. The Labute approximate surface area is 74.0 Å². The van der Waals surface area contributed by atoms with Crippen molar-refractivity contribution in [1.82, 2.24) is 4.98 Å². The van der Waals surface area contributed by atoms with E-state index in [4.69, 9.17) is 0 Å². The van der Waals surface area contributed by atoms with Crippen LogP contribution in [0.1, 0.15) is 17.6 Å². The summed E-state index contributed by atoms with van der Waals surface area (Å²) in [6.45, 7) is 1.45. The zero-order valence-corrected chi connectivity index (χ0v) is 7.21. The Morgan fingerprint density at radius 2 is 2.15 bits per heavy atom. The van der Waals surface area contributed by atoms with Gasteiger partial charge in [0.05, 0.1) is 12.7 Å². The minimum Gasteiger partial charge on any atom is -0.503 e. The minimum absolute atomic E-state index is 0.180. The molecule has 0 bridgehead atoms. The van der Waals surface area contributed by atoms with E-state index in [-0.39, 0.29) is 11.4 Å². The van der Waals surface area contributed by atoms with Crippen LogP contribution in [-0.4, -0.2) is 17.2 Å². The summed E-state index contributed by atoms with van der Waals surface area (Å²) in [5.74, 6) is -0.765. The lowest BCUT2D eigenvalue weighted by atomic mass is 10.1. The Morgan fingerprint density at radius 1 is 1.54 bits per heavy atom. The summed E-state index contributed by atoms with van der Waals surface area (Å²) >= 11 is 0. The van der Waals surface area contributed by atoms with Gasteiger partial charge in [0.2, 0.25) is 0 Å². The minimum atomic E-state index is -2.73. The summed E-state index contributed by atoms with van der Waals surface area (Å²) < 4.78 is 29.3. The highest BCUT2D eigenvalue weighted by Gasteiger charge is 2.19. The third-order valence-electron chi connectivity index (χ3n) is 1.67. The monoisotopic (exact) mass is 189 g/mol. The van der Waals surface area contributed by atoms with Crippen molar-refractivity contribution < 1.29 is 18.6 Å². The third-order valence-corrected chi connectivity index (χ3v) is 1.67. The molecular weight excluding hydrogens is 180 g/mol. The number of hydrogen-bond acceptors (Lipinski definition) is 3. The van der Waals surface area contributed by atoms with Crippen LogP contribution in [0.15, 0.2) is 6.20 Å². The zero-order valence-electron chi connectivity index (χ0n) is 7.21. The number of aryl methyl sites for hydroxylation is 1. The molecule has 0 saturated heterocycles. The summed E-state index contributed by atoms with van der Waals surface area (Å²) in [7, 11) is 1.26. The smallest absolute Gasteiger partial charge is 0.267 e. The van der Waals surface area contributed by atoms with Crippen LogP contribution in [-0.2, 0) is 0 Å². The number of hydrogen-bond donors (Lipinski definition) is 1. The zero-order chi connectivity index (χ0) is 10.0. The molecule has 0 aliphatic heterocycles. The van der Waals surface area contributed by atoms with E-state index in [2.05, 4.69) is 9.72 Å². The van der Waals surface area contributed by atoms with Crippen molar-refractivity contribution in [3.8, 4) is 11.6 Å². The third kappa shape index (κ3) is 1.68. The first kappa shape index (κ1) is 9.70. The molecule has 1 aromatic rings. The maximum absolute atomic E-state index is 12.4. The average Bonchev–Trinajstić information content (AvgIpc) is 2.04. The van der Waals surface area contributed by atoms with E-state index in [0.29, 0.717) is 0 Å². The maximum Gasteiger partial charge on any atom is 0.267 e. The number of alkyl halides is 2. The summed E-state index contributed by atoms with van der Waals surface area (Å²) in [4.78, 5) is 3.63. The molecule has 0 spiro atoms. The number of pyridine rings is 1. The molecule has 1 rings (SSSR count). The molecule has 13 heavy (non-hydrogen) atoms. The van der Waals surface area contributed by atoms with Gasteiger partial charge in [0.25, 0.3) is 12.3 Å². The molecule has 1 heterocycles. The molecule has 1 aromatic heterocycles. The van der Waals surface area contributed by atoms with Crippen LogP contribution < -0.4 is 4.74 Å². The number of ether oxygens (including phenoxy) is 1. The average molecular weight is 189 g/mol. The summed E-state index contributed by atoms with van der Waals surface area (Å²) in [6, 6.07) is 0. The number of halogens is 2. The lowest BCUT2D eigenvalue weighted by molar-refractivity contribution is 0.145. The van der Waals surface area contributed by atoms with Gasteiger partial charge in [-0.3, -0.25) is 0 Å². The van der Waals surface area contributed by atoms with Crippen LogP contribution >= 0.6 is 0 Å². The van der Waals surface area contributed by atoms with Crippen molar-refractivity contribution in [2.24, 2.45) is 0 Å². The molecule has 72 valence electrons. The van der Waals surface area contributed by atoms with E-state index >= 15 is 0 Å². The molecule has 0 aliphatic rings. The topological polar surface area (TPSA) is 42.4 Å². The highest BCUT2D eigenvalue weighted by atomic mass is 19.3. The SMILES string of the molecule is COc1ncc(C)c(C(F)F)c1O. The first-order valence-corrected chi connectivity index (χ1v) is 3.58. The van der Waals surface area contributed by atoms with Crippen molar-refractivity contribution in [2.75, 3.05) is 7.11 Å². The molecule has 0 amide bonds. The van der Waals surface area contributed by atoms with Crippen LogP contribution in [0.25, 0.3) is 0 Å². The molecule has 1 N–H and O–H groups in total. The van der Waals surface area contributed by atoms with Crippen LogP contribution in [0.5, 0.6) is 11.6 Å². The van der Waals surface area contributed by atoms with Gasteiger partial charge < -0.3 is 9.84 Å². The van der Waals surface area contributed by atoms with E-state index in [1.54, 1.807) is 0 Å². The van der Waals surface area contributed by atoms with Crippen LogP contribution in [0.4, 0.5) is 8.78 Å². The largest absolute Gasteiger partial charge is 0.503 e. The van der Waals surface area contributed by atoms with E-state index in [0.717, 1.165) is 0 Å². The quantitative estimate of drug-likeness (QED) is 0.774. The number of nitrogens with zero attached hydrogens (tertiary/aromatic N) is 1. The second-order valence-corrected chi connectivity index (χ2v) is 2.51. The van der Waals surface area contributed by atoms with Gasteiger partial charge in [-0.25, -0.2) is 13.8 Å². The predicted octanol–water partition coefficient (Wildman–Crippen LogP) is 2.04. The lowest BCUT2D eigenvalue weighted by Gasteiger charge is -2.09. The molecular formula is C8H9F2NO2. The summed E-state index contributed by atoms with van der Waals surface area (Å²) in [6.07, 6.45) is -1.49. The predicted molar refractivity (Wildman–Crippen MR) is 42.1 cm³/mol. The molecule has 0 unspecified atom stereocenters. The van der Waals surface area contributed by atoms with Gasteiger partial charge in [-0.1, -0.05) is 0 Å². The number of rotatable bonds is 2. The van der Waals surface area contributed by atoms with E-state index in [1.807, 2.05) is 0 Å². The summed E-state index contributed by atoms with van der Waals surface area (Å²) in [5, 5.41) is 9.27. The van der Waals surface area contributed by atoms with Gasteiger partial charge in [0.15, 0.2) is 5.75 Å². The van der Waals surface area contributed by atoms with Crippen LogP contribution in [0.3, 0.4) is 0 Å². The second kappa shape index (κ2) is 3.55. The Hall–Kier alpha value is -1.39. The van der Waals surface area contributed by atoms with Crippen molar-refractivity contribution in [3.63, 3.8) is 0 Å². The highest BCUT2D eigenvalue weighted by Crippen LogP contribution is 2.36. The molecule has 0 aromatic carbocycles. The van der Waals surface area contributed by atoms with Gasteiger partial charge in [0, 0.05) is 6.20 Å². The summed E-state index contributed by atoms with van der Waals surface area (Å²) in [5.41, 5.74) is -0.180. The van der Waals surface area contributed by atoms with Gasteiger partial charge in [0.1, 0.15) is 0 Å². The molecule has 0 aliphatic carbocycles. The fourth-order valence-corrected chi connectivity index (χ4v) is 1.01. The fourth-order valence-electron chi connectivity index (χ4n) is 1.01. The molecule has 5 heteroatoms. The Morgan fingerprint density at radius 3 is 2.62 bits per heavy atom. The van der Waals surface area contributed by atoms with Gasteiger partial charge in [-0.05, 0) is 12.5 Å². The molecule has 3 nitrogen and oxygen atoms in total. The number of aromatic hydroxyl groups is 1. The Balaban J connectivity index is 3.30. The van der Waals surface area contributed by atoms with Crippen molar-refractivity contribution in [3.05, 3.63) is 17.3 Å². The first-order chi connectivity index (χ1) is 6.07. The normalized spacial score (nSPS) is 10.5.